The van der Waals surface area contributed by atoms with Gasteiger partial charge < -0.3 is 25.0 Å². The predicted molar refractivity (Wildman–Crippen MR) is 208 cm³/mol. The van der Waals surface area contributed by atoms with Gasteiger partial charge in [-0.1, -0.05) is 119 Å². The minimum atomic E-state index is -1.20. The summed E-state index contributed by atoms with van der Waals surface area (Å²) in [5, 5.41) is 5.73. The number of amides is 3. The Balaban J connectivity index is 1.55. The van der Waals surface area contributed by atoms with E-state index in [1.807, 2.05) is 79.7 Å². The molecule has 0 heterocycles. The molecule has 0 aliphatic carbocycles. The lowest BCUT2D eigenvalue weighted by atomic mass is 9.99. The molecule has 0 radical (unpaired) electrons. The SMILES string of the molecule is Cc1ccc(C(=O)Oc2ccccc2NC(=O)C(c2ccc(Br)cc2)N(Cc2ccccc2)C(=O)C(Cc2ccccc2)NC(=O)OC(C)(C)C)cc1. The monoisotopic (exact) mass is 775 g/mol. The van der Waals surface area contributed by atoms with Crippen molar-refractivity contribution in [3.8, 4) is 5.75 Å². The van der Waals surface area contributed by atoms with Crippen molar-refractivity contribution < 1.29 is 28.7 Å². The Labute approximate surface area is 318 Å². The number of nitrogens with one attached hydrogen (secondary N) is 2. The Kier molecular flexibility index (Phi) is 12.8. The average molecular weight is 777 g/mol. The molecule has 9 nitrogen and oxygen atoms in total. The zero-order chi connectivity index (χ0) is 38.0. The van der Waals surface area contributed by atoms with Crippen LogP contribution < -0.4 is 15.4 Å². The molecule has 0 aliphatic rings. The third-order valence-electron chi connectivity index (χ3n) is 8.13. The van der Waals surface area contributed by atoms with E-state index in [9.17, 15) is 19.2 Å². The molecular formula is C43H42BrN3O6. The molecule has 0 bridgehead atoms. The first-order chi connectivity index (χ1) is 25.4. The van der Waals surface area contributed by atoms with Gasteiger partial charge in [0.25, 0.3) is 5.91 Å². The highest BCUT2D eigenvalue weighted by molar-refractivity contribution is 9.10. The third kappa shape index (κ3) is 11.1. The van der Waals surface area contributed by atoms with E-state index in [2.05, 4.69) is 26.6 Å². The van der Waals surface area contributed by atoms with E-state index in [4.69, 9.17) is 9.47 Å². The van der Waals surface area contributed by atoms with Gasteiger partial charge in [0.05, 0.1) is 11.3 Å². The maximum absolute atomic E-state index is 15.0. The number of aryl methyl sites for hydroxylation is 1. The van der Waals surface area contributed by atoms with Gasteiger partial charge in [-0.25, -0.2) is 9.59 Å². The van der Waals surface area contributed by atoms with Gasteiger partial charge in [0, 0.05) is 17.4 Å². The lowest BCUT2D eigenvalue weighted by molar-refractivity contribution is -0.141. The molecule has 0 aliphatic heterocycles. The topological polar surface area (TPSA) is 114 Å². The van der Waals surface area contributed by atoms with Gasteiger partial charge in [0.1, 0.15) is 17.7 Å². The van der Waals surface area contributed by atoms with E-state index in [-0.39, 0.29) is 24.4 Å². The second kappa shape index (κ2) is 17.7. The molecule has 0 fully saturated rings. The summed E-state index contributed by atoms with van der Waals surface area (Å²) in [4.78, 5) is 57.5. The van der Waals surface area contributed by atoms with Gasteiger partial charge in [-0.2, -0.15) is 0 Å². The first-order valence-electron chi connectivity index (χ1n) is 17.2. The van der Waals surface area contributed by atoms with Crippen LogP contribution in [0, 0.1) is 6.92 Å². The Morgan fingerprint density at radius 2 is 1.32 bits per heavy atom. The van der Waals surface area contributed by atoms with Crippen LogP contribution in [0.4, 0.5) is 10.5 Å². The number of rotatable bonds is 12. The number of esters is 1. The van der Waals surface area contributed by atoms with E-state index < -0.39 is 41.6 Å². The fraction of sp³-hybridized carbons (Fsp3) is 0.209. The van der Waals surface area contributed by atoms with Crippen molar-refractivity contribution >= 4 is 45.5 Å². The molecule has 2 atom stereocenters. The van der Waals surface area contributed by atoms with E-state index in [1.165, 1.54) is 4.90 Å². The molecule has 5 aromatic rings. The van der Waals surface area contributed by atoms with E-state index in [1.54, 1.807) is 81.4 Å². The highest BCUT2D eigenvalue weighted by Gasteiger charge is 2.37. The minimum absolute atomic E-state index is 0.0270. The molecule has 5 aromatic carbocycles. The van der Waals surface area contributed by atoms with Crippen LogP contribution in [0.25, 0.3) is 0 Å². The van der Waals surface area contributed by atoms with E-state index >= 15 is 0 Å². The lowest BCUT2D eigenvalue weighted by Gasteiger charge is -2.35. The summed E-state index contributed by atoms with van der Waals surface area (Å²) in [6.45, 7) is 7.18. The van der Waals surface area contributed by atoms with Crippen LogP contribution >= 0.6 is 15.9 Å². The summed E-state index contributed by atoms with van der Waals surface area (Å²) in [6.07, 6.45) is -0.628. The summed E-state index contributed by atoms with van der Waals surface area (Å²) < 4.78 is 12.1. The highest BCUT2D eigenvalue weighted by Crippen LogP contribution is 2.31. The van der Waals surface area contributed by atoms with Gasteiger partial charge in [-0.15, -0.1) is 0 Å². The number of ether oxygens (including phenoxy) is 2. The Bertz CT molecular complexity index is 2010. The number of anilines is 1. The number of nitrogens with zero attached hydrogens (tertiary/aromatic N) is 1. The van der Waals surface area contributed by atoms with Crippen molar-refractivity contribution in [1.29, 1.82) is 0 Å². The van der Waals surface area contributed by atoms with Crippen molar-refractivity contribution in [2.45, 2.75) is 58.3 Å². The Morgan fingerprint density at radius 3 is 1.94 bits per heavy atom. The van der Waals surface area contributed by atoms with Crippen molar-refractivity contribution in [2.24, 2.45) is 0 Å². The maximum atomic E-state index is 15.0. The number of hydrogen-bond donors (Lipinski definition) is 2. The molecule has 0 aromatic heterocycles. The summed E-state index contributed by atoms with van der Waals surface area (Å²) in [5.41, 5.74) is 2.85. The Hall–Kier alpha value is -5.74. The van der Waals surface area contributed by atoms with Crippen molar-refractivity contribution in [2.75, 3.05) is 5.32 Å². The van der Waals surface area contributed by atoms with E-state index in [0.29, 0.717) is 11.1 Å². The molecule has 0 saturated heterocycles. The van der Waals surface area contributed by atoms with Crippen LogP contribution in [0.5, 0.6) is 5.75 Å². The second-order valence-electron chi connectivity index (χ2n) is 13.5. The molecule has 10 heteroatoms. The fourth-order valence-electron chi connectivity index (χ4n) is 5.60. The molecule has 5 rings (SSSR count). The van der Waals surface area contributed by atoms with Crippen molar-refractivity contribution in [3.63, 3.8) is 0 Å². The predicted octanol–water partition coefficient (Wildman–Crippen LogP) is 8.82. The van der Waals surface area contributed by atoms with Crippen LogP contribution in [0.1, 0.15) is 59.4 Å². The summed E-state index contributed by atoms with van der Waals surface area (Å²) >= 11 is 3.48. The largest absolute Gasteiger partial charge is 0.444 e. The number of alkyl carbamates (subject to hydrolysis) is 1. The molecule has 2 unspecified atom stereocenters. The van der Waals surface area contributed by atoms with Crippen LogP contribution in [-0.2, 0) is 27.3 Å². The number of benzene rings is 5. The van der Waals surface area contributed by atoms with Crippen LogP contribution in [0.3, 0.4) is 0 Å². The quantitative estimate of drug-likeness (QED) is 0.0968. The zero-order valence-corrected chi connectivity index (χ0v) is 31.6. The molecule has 0 spiro atoms. The molecule has 2 N–H and O–H groups in total. The number of carbonyl (C=O) groups excluding carboxylic acids is 4. The molecule has 53 heavy (non-hydrogen) atoms. The lowest BCUT2D eigenvalue weighted by Crippen LogP contribution is -2.53. The van der Waals surface area contributed by atoms with Gasteiger partial charge in [0.2, 0.25) is 5.91 Å². The second-order valence-corrected chi connectivity index (χ2v) is 14.5. The zero-order valence-electron chi connectivity index (χ0n) is 30.0. The van der Waals surface area contributed by atoms with Gasteiger partial charge in [0.15, 0.2) is 5.75 Å². The first kappa shape index (κ1) is 38.5. The van der Waals surface area contributed by atoms with Crippen LogP contribution in [0.2, 0.25) is 0 Å². The normalized spacial score (nSPS) is 12.2. The maximum Gasteiger partial charge on any atom is 0.408 e. The Morgan fingerprint density at radius 1 is 0.736 bits per heavy atom. The summed E-state index contributed by atoms with van der Waals surface area (Å²) in [6, 6.07) is 37.0. The van der Waals surface area contributed by atoms with Crippen LogP contribution in [0.15, 0.2) is 138 Å². The number of para-hydroxylation sites is 2. The number of hydrogen-bond acceptors (Lipinski definition) is 6. The van der Waals surface area contributed by atoms with Crippen molar-refractivity contribution in [1.82, 2.24) is 10.2 Å². The minimum Gasteiger partial charge on any atom is -0.444 e. The molecule has 272 valence electrons. The number of halogens is 1. The molecular weight excluding hydrogens is 734 g/mol. The third-order valence-corrected chi connectivity index (χ3v) is 8.66. The van der Waals surface area contributed by atoms with Gasteiger partial charge in [-0.05, 0) is 80.8 Å². The van der Waals surface area contributed by atoms with Gasteiger partial charge >= 0.3 is 12.1 Å². The molecule has 0 saturated carbocycles. The average Bonchev–Trinajstić information content (AvgIpc) is 3.12. The summed E-state index contributed by atoms with van der Waals surface area (Å²) in [5.74, 6) is -1.53. The van der Waals surface area contributed by atoms with Gasteiger partial charge in [-0.3, -0.25) is 9.59 Å². The van der Waals surface area contributed by atoms with Crippen LogP contribution in [-0.4, -0.2) is 40.4 Å². The summed E-state index contributed by atoms with van der Waals surface area (Å²) in [7, 11) is 0. The highest BCUT2D eigenvalue weighted by atomic mass is 79.9. The van der Waals surface area contributed by atoms with E-state index in [0.717, 1.165) is 21.2 Å². The first-order valence-corrected chi connectivity index (χ1v) is 18.0. The molecule has 3 amide bonds. The fourth-order valence-corrected chi connectivity index (χ4v) is 5.87. The number of carbonyl (C=O) groups is 4. The smallest absolute Gasteiger partial charge is 0.408 e. The standard InChI is InChI=1S/C43H42BrN3O6/c1-29-19-21-33(22-20-29)41(50)52-37-18-12-11-17-35(37)45-39(48)38(32-23-25-34(44)26-24-32)47(28-31-15-9-6-10-16-31)40(49)36(27-30-13-7-5-8-14-30)46-42(51)53-43(2,3)4/h5-26,36,38H,27-28H2,1-4H3,(H,45,48)(H,46,51). The van der Waals surface area contributed by atoms with Crippen molar-refractivity contribution in [3.05, 3.63) is 166 Å².